The molecule has 28 heavy (non-hydrogen) atoms. The Bertz CT molecular complexity index is 867. The summed E-state index contributed by atoms with van der Waals surface area (Å²) < 4.78 is 5.02. The van der Waals surface area contributed by atoms with Crippen molar-refractivity contribution in [1.29, 1.82) is 5.26 Å². The van der Waals surface area contributed by atoms with Gasteiger partial charge >= 0.3 is 5.97 Å². The average molecular weight is 383 g/mol. The van der Waals surface area contributed by atoms with Crippen molar-refractivity contribution >= 4 is 29.3 Å². The second-order valence-electron chi connectivity index (χ2n) is 7.06. The number of hydrogen-bond acceptors (Lipinski definition) is 6. The van der Waals surface area contributed by atoms with Crippen molar-refractivity contribution in [1.82, 2.24) is 4.90 Å². The minimum Gasteiger partial charge on any atom is -0.454 e. The molecule has 0 unspecified atom stereocenters. The molecule has 0 saturated heterocycles. The van der Waals surface area contributed by atoms with Crippen molar-refractivity contribution in [2.45, 2.75) is 37.6 Å². The summed E-state index contributed by atoms with van der Waals surface area (Å²) in [5.74, 6) is -2.74. The molecular weight excluding hydrogens is 362 g/mol. The van der Waals surface area contributed by atoms with Crippen LogP contribution in [0.3, 0.4) is 0 Å². The van der Waals surface area contributed by atoms with Gasteiger partial charge in [0.15, 0.2) is 6.61 Å². The second kappa shape index (κ2) is 7.80. The molecule has 0 bridgehead atoms. The Morgan fingerprint density at radius 1 is 1.21 bits per heavy atom. The Balaban J connectivity index is 1.59. The lowest BCUT2D eigenvalue weighted by atomic mass is 9.81. The fourth-order valence-corrected chi connectivity index (χ4v) is 3.72. The third-order valence-electron chi connectivity index (χ3n) is 5.43. The second-order valence-corrected chi connectivity index (χ2v) is 7.06. The SMILES string of the molecule is CN(C(=O)COC(=O)CN1C(=O)C(=O)c2ccccc21)C1(C#N)CCCCC1. The van der Waals surface area contributed by atoms with Crippen LogP contribution in [-0.4, -0.2) is 54.2 Å². The van der Waals surface area contributed by atoms with E-state index in [4.69, 9.17) is 4.74 Å². The number of ether oxygens (including phenoxy) is 1. The molecule has 0 spiro atoms. The lowest BCUT2D eigenvalue weighted by Crippen LogP contribution is -2.51. The number of para-hydroxylation sites is 1. The molecule has 0 aromatic heterocycles. The van der Waals surface area contributed by atoms with Gasteiger partial charge in [-0.3, -0.25) is 24.1 Å². The number of carbonyl (C=O) groups excluding carboxylic acids is 4. The first kappa shape index (κ1) is 19.5. The molecule has 0 atom stereocenters. The predicted molar refractivity (Wildman–Crippen MR) is 98.3 cm³/mol. The molecule has 1 saturated carbocycles. The van der Waals surface area contributed by atoms with E-state index in [1.54, 1.807) is 25.2 Å². The summed E-state index contributed by atoms with van der Waals surface area (Å²) in [6.07, 6.45) is 3.97. The molecule has 1 aromatic rings. The van der Waals surface area contributed by atoms with Crippen LogP contribution in [0.25, 0.3) is 0 Å². The van der Waals surface area contributed by atoms with Crippen molar-refractivity contribution in [3.63, 3.8) is 0 Å². The molecule has 8 heteroatoms. The number of fused-ring (bicyclic) bond motifs is 1. The largest absolute Gasteiger partial charge is 0.454 e. The standard InChI is InChI=1S/C20H21N3O5/c1-22(20(13-21)9-5-2-6-10-20)16(24)12-28-17(25)11-23-15-8-4-3-7-14(15)18(26)19(23)27/h3-4,7-8H,2,5-6,9-12H2,1H3. The number of hydrogen-bond donors (Lipinski definition) is 0. The third-order valence-corrected chi connectivity index (χ3v) is 5.43. The van der Waals surface area contributed by atoms with Gasteiger partial charge in [-0.25, -0.2) is 0 Å². The van der Waals surface area contributed by atoms with Crippen LogP contribution < -0.4 is 4.90 Å². The van der Waals surface area contributed by atoms with Gasteiger partial charge in [0.25, 0.3) is 17.6 Å². The number of ketones is 1. The smallest absolute Gasteiger partial charge is 0.326 e. The zero-order chi connectivity index (χ0) is 20.3. The summed E-state index contributed by atoms with van der Waals surface area (Å²) in [5, 5.41) is 9.55. The molecule has 1 aliphatic carbocycles. The number of likely N-dealkylation sites (N-methyl/N-ethyl adjacent to an activating group) is 1. The van der Waals surface area contributed by atoms with E-state index in [9.17, 15) is 24.4 Å². The van der Waals surface area contributed by atoms with Crippen LogP contribution in [0.2, 0.25) is 0 Å². The maximum Gasteiger partial charge on any atom is 0.326 e. The van der Waals surface area contributed by atoms with Crippen LogP contribution in [0.5, 0.6) is 0 Å². The predicted octanol–water partition coefficient (Wildman–Crippen LogP) is 1.44. The van der Waals surface area contributed by atoms with Crippen molar-refractivity contribution in [2.75, 3.05) is 25.1 Å². The quantitative estimate of drug-likeness (QED) is 0.562. The van der Waals surface area contributed by atoms with E-state index < -0.39 is 42.3 Å². The highest BCUT2D eigenvalue weighted by Crippen LogP contribution is 2.32. The maximum atomic E-state index is 12.4. The highest BCUT2D eigenvalue weighted by Gasteiger charge is 2.40. The van der Waals surface area contributed by atoms with Gasteiger partial charge in [0.2, 0.25) is 0 Å². The van der Waals surface area contributed by atoms with E-state index in [0.29, 0.717) is 18.5 Å². The van der Waals surface area contributed by atoms with E-state index >= 15 is 0 Å². The lowest BCUT2D eigenvalue weighted by molar-refractivity contribution is -0.152. The van der Waals surface area contributed by atoms with Crippen LogP contribution in [0, 0.1) is 11.3 Å². The number of nitrogens with zero attached hydrogens (tertiary/aromatic N) is 3. The number of amides is 2. The Labute approximate surface area is 162 Å². The van der Waals surface area contributed by atoms with Crippen molar-refractivity contribution in [3.05, 3.63) is 29.8 Å². The summed E-state index contributed by atoms with van der Waals surface area (Å²) in [6, 6.07) is 8.63. The number of benzene rings is 1. The van der Waals surface area contributed by atoms with Gasteiger partial charge in [-0.1, -0.05) is 31.4 Å². The Morgan fingerprint density at radius 3 is 2.57 bits per heavy atom. The fourth-order valence-electron chi connectivity index (χ4n) is 3.72. The summed E-state index contributed by atoms with van der Waals surface area (Å²) in [5.41, 5.74) is -0.272. The number of esters is 1. The fraction of sp³-hybridized carbons (Fsp3) is 0.450. The molecule has 3 rings (SSSR count). The maximum absolute atomic E-state index is 12.4. The lowest BCUT2D eigenvalue weighted by Gasteiger charge is -2.38. The molecule has 2 amide bonds. The summed E-state index contributed by atoms with van der Waals surface area (Å²) in [4.78, 5) is 51.0. The van der Waals surface area contributed by atoms with Gasteiger partial charge < -0.3 is 9.64 Å². The monoisotopic (exact) mass is 383 g/mol. The van der Waals surface area contributed by atoms with Crippen LogP contribution in [0.15, 0.2) is 24.3 Å². The third kappa shape index (κ3) is 3.48. The number of nitriles is 1. The molecule has 1 aromatic carbocycles. The molecule has 1 aliphatic heterocycles. The minimum absolute atomic E-state index is 0.240. The normalized spacial score (nSPS) is 17.6. The van der Waals surface area contributed by atoms with Crippen molar-refractivity contribution in [2.24, 2.45) is 0 Å². The first-order valence-electron chi connectivity index (χ1n) is 9.18. The molecule has 146 valence electrons. The zero-order valence-electron chi connectivity index (χ0n) is 15.6. The highest BCUT2D eigenvalue weighted by atomic mass is 16.5. The summed E-state index contributed by atoms with van der Waals surface area (Å²) in [7, 11) is 1.55. The molecule has 0 N–H and O–H groups in total. The Kier molecular flexibility index (Phi) is 5.45. The zero-order valence-corrected chi connectivity index (χ0v) is 15.6. The topological polar surface area (TPSA) is 108 Å². The van der Waals surface area contributed by atoms with Gasteiger partial charge in [0.05, 0.1) is 17.3 Å². The van der Waals surface area contributed by atoms with Crippen LogP contribution >= 0.6 is 0 Å². The highest BCUT2D eigenvalue weighted by molar-refractivity contribution is 6.52. The average Bonchev–Trinajstić information content (AvgIpc) is 2.97. The number of anilines is 1. The summed E-state index contributed by atoms with van der Waals surface area (Å²) in [6.45, 7) is -0.974. The number of carbonyl (C=O) groups is 4. The summed E-state index contributed by atoms with van der Waals surface area (Å²) >= 11 is 0. The first-order valence-corrected chi connectivity index (χ1v) is 9.18. The molecule has 1 heterocycles. The van der Waals surface area contributed by atoms with Crippen LogP contribution in [0.4, 0.5) is 5.69 Å². The van der Waals surface area contributed by atoms with E-state index in [0.717, 1.165) is 24.2 Å². The van der Waals surface area contributed by atoms with E-state index in [1.807, 2.05) is 0 Å². The minimum atomic E-state index is -0.863. The van der Waals surface area contributed by atoms with Crippen LogP contribution in [-0.2, 0) is 19.1 Å². The molecule has 1 fully saturated rings. The molecular formula is C20H21N3O5. The van der Waals surface area contributed by atoms with Gasteiger partial charge in [-0.15, -0.1) is 0 Å². The molecule has 0 radical (unpaired) electrons. The van der Waals surface area contributed by atoms with E-state index in [1.165, 1.54) is 11.0 Å². The van der Waals surface area contributed by atoms with Gasteiger partial charge in [-0.05, 0) is 25.0 Å². The van der Waals surface area contributed by atoms with Gasteiger partial charge in [0, 0.05) is 7.05 Å². The first-order chi connectivity index (χ1) is 13.4. The molecule has 2 aliphatic rings. The van der Waals surface area contributed by atoms with Crippen molar-refractivity contribution < 1.29 is 23.9 Å². The Morgan fingerprint density at radius 2 is 1.89 bits per heavy atom. The van der Waals surface area contributed by atoms with Crippen LogP contribution in [0.1, 0.15) is 42.5 Å². The number of Topliss-reactive ketones (excluding diaryl/α,β-unsaturated/α-hetero) is 1. The van der Waals surface area contributed by atoms with Gasteiger partial charge in [0.1, 0.15) is 12.1 Å². The van der Waals surface area contributed by atoms with Gasteiger partial charge in [-0.2, -0.15) is 5.26 Å². The van der Waals surface area contributed by atoms with Crippen molar-refractivity contribution in [3.8, 4) is 6.07 Å². The molecule has 8 nitrogen and oxygen atoms in total. The Hall–Kier alpha value is -3.21. The van der Waals surface area contributed by atoms with E-state index in [2.05, 4.69) is 6.07 Å². The van der Waals surface area contributed by atoms with E-state index in [-0.39, 0.29) is 5.56 Å². The number of rotatable bonds is 5.